The van der Waals surface area contributed by atoms with Gasteiger partial charge in [0.15, 0.2) is 0 Å². The lowest BCUT2D eigenvalue weighted by Crippen LogP contribution is -2.38. The molecule has 1 heterocycles. The van der Waals surface area contributed by atoms with Crippen molar-refractivity contribution in [2.45, 2.75) is 44.6 Å². The fourth-order valence-corrected chi connectivity index (χ4v) is 4.32. The van der Waals surface area contributed by atoms with E-state index in [2.05, 4.69) is 11.9 Å². The summed E-state index contributed by atoms with van der Waals surface area (Å²) in [6.07, 6.45) is 8.06. The number of likely N-dealkylation sites (tertiary alicyclic amines) is 1. The molecule has 2 fully saturated rings. The highest BCUT2D eigenvalue weighted by Gasteiger charge is 2.45. The van der Waals surface area contributed by atoms with E-state index in [9.17, 15) is 14.7 Å². The molecule has 1 unspecified atom stereocenters. The average Bonchev–Trinajstić information content (AvgIpc) is 2.99. The monoisotopic (exact) mass is 342 g/mol. The van der Waals surface area contributed by atoms with Gasteiger partial charge in [-0.2, -0.15) is 0 Å². The van der Waals surface area contributed by atoms with E-state index >= 15 is 0 Å². The van der Waals surface area contributed by atoms with Gasteiger partial charge >= 0.3 is 0 Å². The van der Waals surface area contributed by atoms with Crippen LogP contribution in [0.3, 0.4) is 0 Å². The van der Waals surface area contributed by atoms with Crippen molar-refractivity contribution in [3.05, 3.63) is 42.5 Å². The van der Waals surface area contributed by atoms with Crippen molar-refractivity contribution in [3.8, 4) is 0 Å². The van der Waals surface area contributed by atoms with E-state index in [4.69, 9.17) is 0 Å². The first-order chi connectivity index (χ1) is 12.1. The van der Waals surface area contributed by atoms with Crippen LogP contribution in [0, 0.1) is 5.41 Å². The number of aliphatic hydroxyl groups excluding tert-OH is 1. The Hall–Kier alpha value is -2.14. The lowest BCUT2D eigenvalue weighted by molar-refractivity contribution is -0.111. The van der Waals surface area contributed by atoms with Crippen LogP contribution in [0.4, 0.5) is 5.69 Å². The van der Waals surface area contributed by atoms with Crippen molar-refractivity contribution in [1.82, 2.24) is 4.90 Å². The number of nitrogens with one attached hydrogen (secondary N) is 1. The van der Waals surface area contributed by atoms with E-state index in [0.717, 1.165) is 25.8 Å². The summed E-state index contributed by atoms with van der Waals surface area (Å²) < 4.78 is 0. The third-order valence-corrected chi connectivity index (χ3v) is 5.56. The van der Waals surface area contributed by atoms with Gasteiger partial charge in [-0.15, -0.1) is 0 Å². The molecule has 0 bridgehead atoms. The summed E-state index contributed by atoms with van der Waals surface area (Å²) >= 11 is 0. The largest absolute Gasteiger partial charge is 0.394 e. The molecule has 2 aliphatic rings. The van der Waals surface area contributed by atoms with Gasteiger partial charge in [-0.3, -0.25) is 9.59 Å². The summed E-state index contributed by atoms with van der Waals surface area (Å²) in [7, 11) is 0. The number of aliphatic hydroxyl groups is 1. The Bertz CT molecular complexity index is 665. The summed E-state index contributed by atoms with van der Waals surface area (Å²) in [5.74, 6) is -0.378. The highest BCUT2D eigenvalue weighted by atomic mass is 16.3. The quantitative estimate of drug-likeness (QED) is 0.827. The Kier molecular flexibility index (Phi) is 5.23. The zero-order valence-corrected chi connectivity index (χ0v) is 14.5. The average molecular weight is 342 g/mol. The summed E-state index contributed by atoms with van der Waals surface area (Å²) in [5.41, 5.74) is 1.28. The molecule has 1 saturated heterocycles. The number of hydrogen-bond donors (Lipinski definition) is 2. The number of carbonyl (C=O) groups is 2. The van der Waals surface area contributed by atoms with Crippen molar-refractivity contribution < 1.29 is 14.7 Å². The molecule has 1 aromatic carbocycles. The van der Waals surface area contributed by atoms with E-state index in [1.165, 1.54) is 25.3 Å². The minimum atomic E-state index is -0.305. The zero-order valence-electron chi connectivity index (χ0n) is 14.5. The van der Waals surface area contributed by atoms with Crippen LogP contribution >= 0.6 is 0 Å². The minimum absolute atomic E-state index is 0.000378. The van der Waals surface area contributed by atoms with Crippen LogP contribution in [0.1, 0.15) is 48.9 Å². The highest BCUT2D eigenvalue weighted by Crippen LogP contribution is 2.46. The Labute approximate surface area is 148 Å². The third kappa shape index (κ3) is 3.76. The topological polar surface area (TPSA) is 69.6 Å². The molecular weight excluding hydrogens is 316 g/mol. The summed E-state index contributed by atoms with van der Waals surface area (Å²) in [4.78, 5) is 26.3. The van der Waals surface area contributed by atoms with Crippen molar-refractivity contribution in [2.75, 3.05) is 18.5 Å². The summed E-state index contributed by atoms with van der Waals surface area (Å²) in [6.45, 7) is 4.15. The van der Waals surface area contributed by atoms with Crippen LogP contribution in [0.2, 0.25) is 0 Å². The standard InChI is InChI=1S/C20H26N2O3/c1-2-18(24)21-16-8-6-7-15(11-16)19(25)22-14-20(12-17(22)13-23)9-4-3-5-10-20/h2,6-8,11,17,23H,1,3-5,9-10,12-14H2,(H,21,24). The van der Waals surface area contributed by atoms with Crippen LogP contribution in [-0.2, 0) is 4.79 Å². The number of anilines is 1. The van der Waals surface area contributed by atoms with Crippen LogP contribution in [0.5, 0.6) is 0 Å². The molecule has 5 nitrogen and oxygen atoms in total. The fourth-order valence-electron chi connectivity index (χ4n) is 4.32. The van der Waals surface area contributed by atoms with E-state index in [-0.39, 0.29) is 29.9 Å². The van der Waals surface area contributed by atoms with Gasteiger partial charge in [0.25, 0.3) is 5.91 Å². The maximum Gasteiger partial charge on any atom is 0.254 e. The molecule has 1 aliphatic heterocycles. The number of carbonyl (C=O) groups excluding carboxylic acids is 2. The molecule has 1 saturated carbocycles. The molecule has 5 heteroatoms. The van der Waals surface area contributed by atoms with E-state index in [1.807, 2.05) is 4.90 Å². The first-order valence-electron chi connectivity index (χ1n) is 9.02. The van der Waals surface area contributed by atoms with Crippen LogP contribution in [0.15, 0.2) is 36.9 Å². The molecule has 2 amide bonds. The fraction of sp³-hybridized carbons (Fsp3) is 0.500. The second-order valence-electron chi connectivity index (χ2n) is 7.31. The number of rotatable bonds is 4. The van der Waals surface area contributed by atoms with Gasteiger partial charge in [-0.05, 0) is 49.0 Å². The molecular formula is C20H26N2O3. The zero-order chi connectivity index (χ0) is 17.9. The number of benzene rings is 1. The maximum absolute atomic E-state index is 13.0. The van der Waals surface area contributed by atoms with Gasteiger partial charge in [-0.25, -0.2) is 0 Å². The maximum atomic E-state index is 13.0. The van der Waals surface area contributed by atoms with Gasteiger partial charge in [-0.1, -0.05) is 31.9 Å². The summed E-state index contributed by atoms with van der Waals surface area (Å²) in [6, 6.07) is 6.83. The van der Waals surface area contributed by atoms with Gasteiger partial charge < -0.3 is 15.3 Å². The molecule has 0 radical (unpaired) electrons. The first-order valence-corrected chi connectivity index (χ1v) is 9.02. The van der Waals surface area contributed by atoms with E-state index in [1.54, 1.807) is 24.3 Å². The molecule has 3 rings (SSSR count). The van der Waals surface area contributed by atoms with Crippen LogP contribution in [0.25, 0.3) is 0 Å². The molecule has 25 heavy (non-hydrogen) atoms. The second-order valence-corrected chi connectivity index (χ2v) is 7.31. The molecule has 1 atom stereocenters. The Balaban J connectivity index is 1.78. The number of nitrogens with zero attached hydrogens (tertiary/aromatic N) is 1. The molecule has 1 aromatic rings. The predicted molar refractivity (Wildman–Crippen MR) is 97.3 cm³/mol. The predicted octanol–water partition coefficient (Wildman–Crippen LogP) is 2.97. The Morgan fingerprint density at radius 2 is 2.08 bits per heavy atom. The van der Waals surface area contributed by atoms with Crippen molar-refractivity contribution in [3.63, 3.8) is 0 Å². The lowest BCUT2D eigenvalue weighted by Gasteiger charge is -2.33. The number of hydrogen-bond acceptors (Lipinski definition) is 3. The summed E-state index contributed by atoms with van der Waals surface area (Å²) in [5, 5.41) is 12.5. The smallest absolute Gasteiger partial charge is 0.254 e. The van der Waals surface area contributed by atoms with Crippen LogP contribution < -0.4 is 5.32 Å². The van der Waals surface area contributed by atoms with E-state index < -0.39 is 0 Å². The molecule has 134 valence electrons. The molecule has 1 spiro atoms. The third-order valence-electron chi connectivity index (χ3n) is 5.56. The van der Waals surface area contributed by atoms with Crippen molar-refractivity contribution in [2.24, 2.45) is 5.41 Å². The first kappa shape index (κ1) is 17.7. The van der Waals surface area contributed by atoms with Crippen molar-refractivity contribution >= 4 is 17.5 Å². The molecule has 2 N–H and O–H groups in total. The van der Waals surface area contributed by atoms with Gasteiger partial charge in [0.1, 0.15) is 0 Å². The number of amides is 2. The Morgan fingerprint density at radius 3 is 2.76 bits per heavy atom. The van der Waals surface area contributed by atoms with Crippen LogP contribution in [-0.4, -0.2) is 41.0 Å². The van der Waals surface area contributed by atoms with E-state index in [0.29, 0.717) is 11.3 Å². The lowest BCUT2D eigenvalue weighted by atomic mass is 9.73. The highest BCUT2D eigenvalue weighted by molar-refractivity contribution is 6.01. The SMILES string of the molecule is C=CC(=O)Nc1cccc(C(=O)N2CC3(CCCCC3)CC2CO)c1. The minimum Gasteiger partial charge on any atom is -0.394 e. The Morgan fingerprint density at radius 1 is 1.32 bits per heavy atom. The van der Waals surface area contributed by atoms with Gasteiger partial charge in [0, 0.05) is 17.8 Å². The molecule has 1 aliphatic carbocycles. The molecule has 0 aromatic heterocycles. The van der Waals surface area contributed by atoms with Gasteiger partial charge in [0.2, 0.25) is 5.91 Å². The van der Waals surface area contributed by atoms with Gasteiger partial charge in [0.05, 0.1) is 12.6 Å². The second kappa shape index (κ2) is 7.40. The normalized spacial score (nSPS) is 22.0. The van der Waals surface area contributed by atoms with Crippen molar-refractivity contribution in [1.29, 1.82) is 0 Å².